The van der Waals surface area contributed by atoms with Crippen LogP contribution in [0.4, 0.5) is 5.13 Å². The topological polar surface area (TPSA) is 63.8 Å². The minimum absolute atomic E-state index is 0.135. The van der Waals surface area contributed by atoms with E-state index in [1.165, 1.54) is 11.5 Å². The van der Waals surface area contributed by atoms with E-state index in [0.29, 0.717) is 5.92 Å². The van der Waals surface area contributed by atoms with Crippen LogP contribution in [0.3, 0.4) is 0 Å². The number of hydrogen-bond acceptors (Lipinski definition) is 5. The van der Waals surface area contributed by atoms with E-state index in [9.17, 15) is 0 Å². The summed E-state index contributed by atoms with van der Waals surface area (Å²) in [4.78, 5) is 4.42. The minimum Gasteiger partial charge on any atom is -0.358 e. The monoisotopic (exact) mass is 242 g/mol. The number of anilines is 1. The lowest BCUT2D eigenvalue weighted by Crippen LogP contribution is -2.45. The highest BCUT2D eigenvalue weighted by atomic mass is 32.1. The molecule has 0 aliphatic heterocycles. The average molecular weight is 242 g/mol. The molecule has 1 aromatic rings. The molecule has 1 heterocycles. The van der Waals surface area contributed by atoms with Gasteiger partial charge < -0.3 is 11.1 Å². The smallest absolute Gasteiger partial charge is 0.202 e. The Hall–Kier alpha value is -0.680. The molecule has 0 saturated carbocycles. The van der Waals surface area contributed by atoms with Crippen molar-refractivity contribution in [3.8, 4) is 0 Å². The molecule has 0 atom stereocenters. The predicted octanol–water partition coefficient (Wildman–Crippen LogP) is 2.59. The van der Waals surface area contributed by atoms with Crippen molar-refractivity contribution in [1.82, 2.24) is 9.36 Å². The number of hydrogen-bond donors (Lipinski definition) is 2. The van der Waals surface area contributed by atoms with Gasteiger partial charge in [-0.25, -0.2) is 4.98 Å². The van der Waals surface area contributed by atoms with E-state index in [-0.39, 0.29) is 5.54 Å². The van der Waals surface area contributed by atoms with Gasteiger partial charge >= 0.3 is 0 Å². The summed E-state index contributed by atoms with van der Waals surface area (Å²) in [5, 5.41) is 4.16. The van der Waals surface area contributed by atoms with Gasteiger partial charge in [0.25, 0.3) is 0 Å². The summed E-state index contributed by atoms with van der Waals surface area (Å²) in [6, 6.07) is 0. The quantitative estimate of drug-likeness (QED) is 0.805. The van der Waals surface area contributed by atoms with Gasteiger partial charge in [-0.05, 0) is 12.8 Å². The molecule has 0 aromatic carbocycles. The lowest BCUT2D eigenvalue weighted by Gasteiger charge is -2.26. The first-order valence-electron chi connectivity index (χ1n) is 5.87. The fourth-order valence-corrected chi connectivity index (χ4v) is 2.00. The molecule has 0 fully saturated rings. The van der Waals surface area contributed by atoms with Crippen LogP contribution in [-0.4, -0.2) is 21.4 Å². The van der Waals surface area contributed by atoms with Crippen molar-refractivity contribution < 1.29 is 0 Å². The molecule has 0 aliphatic rings. The Bertz CT molecular complexity index is 318. The van der Waals surface area contributed by atoms with Crippen LogP contribution in [0.15, 0.2) is 0 Å². The lowest BCUT2D eigenvalue weighted by atomic mass is 9.94. The first kappa shape index (κ1) is 13.4. The molecule has 0 saturated heterocycles. The van der Waals surface area contributed by atoms with Crippen LogP contribution < -0.4 is 11.1 Å². The van der Waals surface area contributed by atoms with Crippen LogP contribution in [0.25, 0.3) is 0 Å². The maximum Gasteiger partial charge on any atom is 0.202 e. The van der Waals surface area contributed by atoms with Crippen LogP contribution >= 0.6 is 11.5 Å². The van der Waals surface area contributed by atoms with E-state index in [1.54, 1.807) is 0 Å². The van der Waals surface area contributed by atoms with Crippen LogP contribution in [0.2, 0.25) is 0 Å². The Morgan fingerprint density at radius 2 is 2.00 bits per heavy atom. The van der Waals surface area contributed by atoms with Gasteiger partial charge in [-0.15, -0.1) is 0 Å². The predicted molar refractivity (Wildman–Crippen MR) is 70.0 cm³/mol. The minimum atomic E-state index is -0.135. The summed E-state index contributed by atoms with van der Waals surface area (Å²) in [6.45, 7) is 9.18. The van der Waals surface area contributed by atoms with Crippen LogP contribution in [0.1, 0.15) is 52.3 Å². The highest BCUT2D eigenvalue weighted by Gasteiger charge is 2.20. The first-order valence-corrected chi connectivity index (χ1v) is 6.64. The molecular weight excluding hydrogens is 220 g/mol. The molecule has 0 radical (unpaired) electrons. The number of aromatic nitrogens is 2. The third-order valence-corrected chi connectivity index (χ3v) is 3.64. The van der Waals surface area contributed by atoms with Crippen molar-refractivity contribution in [1.29, 1.82) is 0 Å². The second-order valence-electron chi connectivity index (χ2n) is 4.54. The Morgan fingerprint density at radius 3 is 2.44 bits per heavy atom. The Labute approximate surface area is 102 Å². The zero-order valence-electron chi connectivity index (χ0n) is 10.6. The Morgan fingerprint density at radius 1 is 1.38 bits per heavy atom. The molecule has 0 unspecified atom stereocenters. The largest absolute Gasteiger partial charge is 0.358 e. The van der Waals surface area contributed by atoms with E-state index >= 15 is 0 Å². The molecule has 0 aliphatic carbocycles. The maximum atomic E-state index is 6.20. The van der Waals surface area contributed by atoms with Crippen molar-refractivity contribution in [2.75, 3.05) is 11.9 Å². The van der Waals surface area contributed by atoms with Gasteiger partial charge in [0.15, 0.2) is 0 Å². The fourth-order valence-electron chi connectivity index (χ4n) is 1.29. The SMILES string of the molecule is CCC(N)(CC)CNc1nc(C(C)C)ns1. The molecule has 92 valence electrons. The second-order valence-corrected chi connectivity index (χ2v) is 5.29. The zero-order chi connectivity index (χ0) is 12.2. The molecular formula is C11H22N4S. The number of rotatable bonds is 6. The number of nitrogens with zero attached hydrogens (tertiary/aromatic N) is 2. The second kappa shape index (κ2) is 5.59. The summed E-state index contributed by atoms with van der Waals surface area (Å²) < 4.78 is 4.30. The molecule has 0 bridgehead atoms. The molecule has 1 rings (SSSR count). The molecule has 5 heteroatoms. The van der Waals surface area contributed by atoms with Gasteiger partial charge in [-0.1, -0.05) is 27.7 Å². The van der Waals surface area contributed by atoms with Crippen LogP contribution in [-0.2, 0) is 0 Å². The zero-order valence-corrected chi connectivity index (χ0v) is 11.4. The third kappa shape index (κ3) is 3.42. The highest BCUT2D eigenvalue weighted by molar-refractivity contribution is 7.09. The van der Waals surface area contributed by atoms with Crippen LogP contribution in [0, 0.1) is 0 Å². The van der Waals surface area contributed by atoms with E-state index < -0.39 is 0 Å². The molecule has 0 amide bonds. The van der Waals surface area contributed by atoms with Crippen molar-refractivity contribution in [2.45, 2.75) is 52.0 Å². The Kier molecular flexibility index (Phi) is 4.68. The van der Waals surface area contributed by atoms with Gasteiger partial charge in [0.05, 0.1) is 0 Å². The van der Waals surface area contributed by atoms with Crippen molar-refractivity contribution in [3.05, 3.63) is 5.82 Å². The summed E-state index contributed by atoms with van der Waals surface area (Å²) in [5.74, 6) is 1.29. The molecule has 16 heavy (non-hydrogen) atoms. The van der Waals surface area contributed by atoms with E-state index in [0.717, 1.165) is 30.3 Å². The third-order valence-electron chi connectivity index (χ3n) is 2.96. The normalized spacial score (nSPS) is 12.1. The summed E-state index contributed by atoms with van der Waals surface area (Å²) in [6.07, 6.45) is 1.93. The average Bonchev–Trinajstić information content (AvgIpc) is 2.75. The van der Waals surface area contributed by atoms with Crippen molar-refractivity contribution >= 4 is 16.7 Å². The van der Waals surface area contributed by atoms with Gasteiger partial charge in [0.2, 0.25) is 5.13 Å². The molecule has 0 spiro atoms. The summed E-state index contributed by atoms with van der Waals surface area (Å²) in [5.41, 5.74) is 6.07. The summed E-state index contributed by atoms with van der Waals surface area (Å²) in [7, 11) is 0. The van der Waals surface area contributed by atoms with Gasteiger partial charge in [-0.3, -0.25) is 0 Å². The number of nitrogens with two attached hydrogens (primary N) is 1. The van der Waals surface area contributed by atoms with Crippen molar-refractivity contribution in [3.63, 3.8) is 0 Å². The van der Waals surface area contributed by atoms with Gasteiger partial charge in [-0.2, -0.15) is 4.37 Å². The highest BCUT2D eigenvalue weighted by Crippen LogP contribution is 2.19. The number of nitrogens with one attached hydrogen (secondary N) is 1. The lowest BCUT2D eigenvalue weighted by molar-refractivity contribution is 0.418. The maximum absolute atomic E-state index is 6.20. The molecule has 1 aromatic heterocycles. The fraction of sp³-hybridized carbons (Fsp3) is 0.818. The molecule has 3 N–H and O–H groups in total. The van der Waals surface area contributed by atoms with E-state index in [4.69, 9.17) is 5.73 Å². The Balaban J connectivity index is 2.54. The van der Waals surface area contributed by atoms with Gasteiger partial charge in [0.1, 0.15) is 5.82 Å². The van der Waals surface area contributed by atoms with Crippen LogP contribution in [0.5, 0.6) is 0 Å². The van der Waals surface area contributed by atoms with Gasteiger partial charge in [0, 0.05) is 29.5 Å². The van der Waals surface area contributed by atoms with E-state index in [2.05, 4.69) is 42.4 Å². The van der Waals surface area contributed by atoms with Crippen molar-refractivity contribution in [2.24, 2.45) is 5.73 Å². The standard InChI is InChI=1S/C11H22N4S/c1-5-11(12,6-2)7-13-10-14-9(8(3)4)15-16-10/h8H,5-7,12H2,1-4H3,(H,13,14,15). The first-order chi connectivity index (χ1) is 7.50. The molecule has 4 nitrogen and oxygen atoms in total. The van der Waals surface area contributed by atoms with E-state index in [1.807, 2.05) is 0 Å². The summed E-state index contributed by atoms with van der Waals surface area (Å²) >= 11 is 1.41.